The van der Waals surface area contributed by atoms with E-state index in [4.69, 9.17) is 20.6 Å². The Morgan fingerprint density at radius 1 is 1.23 bits per heavy atom. The Morgan fingerprint density at radius 3 is 2.69 bits per heavy atom. The zero-order valence-corrected chi connectivity index (χ0v) is 21.0. The molecule has 3 aromatic rings. The number of aryl methyl sites for hydroxylation is 2. The number of rotatable bonds is 6. The Bertz CT molecular complexity index is 1190. The fraction of sp³-hybridized carbons (Fsp3) is 0.440. The molecule has 2 aliphatic rings. The van der Waals surface area contributed by atoms with Crippen molar-refractivity contribution in [2.45, 2.75) is 45.6 Å². The van der Waals surface area contributed by atoms with E-state index in [0.29, 0.717) is 30.2 Å². The van der Waals surface area contributed by atoms with Crippen molar-refractivity contribution >= 4 is 51.4 Å². The lowest BCUT2D eigenvalue weighted by Crippen LogP contribution is -2.34. The van der Waals surface area contributed by atoms with Crippen LogP contribution in [0, 0.1) is 5.41 Å². The number of hydrogen-bond donors (Lipinski definition) is 3. The number of carbonyl (C=O) groups excluding carboxylic acids is 1. The molecule has 1 saturated heterocycles. The molecule has 0 spiro atoms. The van der Waals surface area contributed by atoms with Crippen molar-refractivity contribution in [2.24, 2.45) is 0 Å². The largest absolute Gasteiger partial charge is 0.489 e. The van der Waals surface area contributed by atoms with Gasteiger partial charge in [-0.2, -0.15) is 0 Å². The van der Waals surface area contributed by atoms with Gasteiger partial charge in [0.05, 0.1) is 30.4 Å². The van der Waals surface area contributed by atoms with E-state index in [1.807, 2.05) is 19.9 Å². The molecule has 0 unspecified atom stereocenters. The number of nitrogens with zero attached hydrogens (tertiary/aromatic N) is 3. The highest BCUT2D eigenvalue weighted by atomic mass is 32.1. The summed E-state index contributed by atoms with van der Waals surface area (Å²) in [5.41, 5.74) is 9.35. The molecular formula is C25H32N6O3S. The van der Waals surface area contributed by atoms with E-state index < -0.39 is 0 Å². The summed E-state index contributed by atoms with van der Waals surface area (Å²) in [6, 6.07) is 3.61. The molecule has 4 N–H and O–H groups in total. The molecule has 0 bridgehead atoms. The Labute approximate surface area is 209 Å². The van der Waals surface area contributed by atoms with Crippen LogP contribution in [0.15, 0.2) is 18.5 Å². The van der Waals surface area contributed by atoms with Crippen LogP contribution in [0.3, 0.4) is 0 Å². The summed E-state index contributed by atoms with van der Waals surface area (Å²) in [4.78, 5) is 23.2. The van der Waals surface area contributed by atoms with Crippen LogP contribution in [-0.4, -0.2) is 59.9 Å². The molecule has 0 saturated carbocycles. The number of aromatic nitrogens is 2. The van der Waals surface area contributed by atoms with E-state index in [-0.39, 0.29) is 6.10 Å². The number of nitrogen functional groups attached to an aromatic ring is 1. The van der Waals surface area contributed by atoms with Crippen molar-refractivity contribution in [1.82, 2.24) is 14.9 Å². The Morgan fingerprint density at radius 2 is 2.00 bits per heavy atom. The molecule has 5 rings (SSSR count). The molecule has 3 heterocycles. The van der Waals surface area contributed by atoms with Crippen molar-refractivity contribution in [3.8, 4) is 5.75 Å². The summed E-state index contributed by atoms with van der Waals surface area (Å²) in [7, 11) is 0. The van der Waals surface area contributed by atoms with Gasteiger partial charge in [0.25, 0.3) is 0 Å². The van der Waals surface area contributed by atoms with Crippen LogP contribution < -0.4 is 15.8 Å². The first-order valence-electron chi connectivity index (χ1n) is 11.9. The molecule has 1 aliphatic carbocycles. The number of anilines is 3. The van der Waals surface area contributed by atoms with Gasteiger partial charge in [-0.15, -0.1) is 11.3 Å². The molecule has 1 amide bonds. The van der Waals surface area contributed by atoms with E-state index in [2.05, 4.69) is 15.3 Å². The summed E-state index contributed by atoms with van der Waals surface area (Å²) < 4.78 is 10.9. The molecule has 1 fully saturated rings. The van der Waals surface area contributed by atoms with Crippen LogP contribution in [0.2, 0.25) is 0 Å². The third-order valence-corrected chi connectivity index (χ3v) is 7.10. The van der Waals surface area contributed by atoms with Crippen molar-refractivity contribution in [3.63, 3.8) is 0 Å². The quantitative estimate of drug-likeness (QED) is 0.266. The molecule has 35 heavy (non-hydrogen) atoms. The summed E-state index contributed by atoms with van der Waals surface area (Å²) >= 11 is 1.77. The number of benzene rings is 1. The van der Waals surface area contributed by atoms with E-state index in [1.165, 1.54) is 29.5 Å². The minimum absolute atomic E-state index is 0.00936. The van der Waals surface area contributed by atoms with Gasteiger partial charge in [0.1, 0.15) is 22.7 Å². The predicted octanol–water partition coefficient (Wildman–Crippen LogP) is 4.16. The monoisotopic (exact) mass is 496 g/mol. The zero-order valence-electron chi connectivity index (χ0n) is 20.2. The van der Waals surface area contributed by atoms with Gasteiger partial charge >= 0.3 is 0 Å². The highest BCUT2D eigenvalue weighted by Crippen LogP contribution is 2.40. The predicted molar refractivity (Wildman–Crippen MR) is 140 cm³/mol. The first-order chi connectivity index (χ1) is 17.0. The van der Waals surface area contributed by atoms with Gasteiger partial charge in [-0.3, -0.25) is 4.79 Å². The standard InChI is InChI=1S/C20H23N5OS.C5H9NO2/c1-11(2)26-16-8-14(22)12(9-21)7-15(16)25-19-18-13-5-3-4-6-17(13)27-20(18)24-10-23-19;7-5-6-1-3-8-4-2-6/h7-11,21H,3-6,22H2,1-2H3,(H,23,24,25);5H,1-4H2. The van der Waals surface area contributed by atoms with E-state index in [9.17, 15) is 4.79 Å². The van der Waals surface area contributed by atoms with Crippen molar-refractivity contribution < 1.29 is 14.3 Å². The Hall–Kier alpha value is -3.24. The van der Waals surface area contributed by atoms with Gasteiger partial charge in [0.2, 0.25) is 6.41 Å². The number of fused-ring (bicyclic) bond motifs is 3. The summed E-state index contributed by atoms with van der Waals surface area (Å²) in [5.74, 6) is 1.44. The first kappa shape index (κ1) is 24.9. The van der Waals surface area contributed by atoms with E-state index >= 15 is 0 Å². The third-order valence-electron chi connectivity index (χ3n) is 5.90. The number of carbonyl (C=O) groups is 1. The van der Waals surface area contributed by atoms with Crippen molar-refractivity contribution in [3.05, 3.63) is 34.5 Å². The number of amides is 1. The molecule has 0 radical (unpaired) electrons. The third kappa shape index (κ3) is 5.88. The smallest absolute Gasteiger partial charge is 0.209 e. The second-order valence-electron chi connectivity index (χ2n) is 8.78. The lowest BCUT2D eigenvalue weighted by Gasteiger charge is -2.21. The average molecular weight is 497 g/mol. The fourth-order valence-electron chi connectivity index (χ4n) is 4.18. The topological polar surface area (TPSA) is 126 Å². The van der Waals surface area contributed by atoms with Crippen LogP contribution in [-0.2, 0) is 22.4 Å². The number of thiophene rings is 1. The molecule has 186 valence electrons. The Balaban J connectivity index is 0.000000308. The molecule has 1 aliphatic heterocycles. The normalized spacial score (nSPS) is 15.2. The lowest BCUT2D eigenvalue weighted by molar-refractivity contribution is -0.121. The second-order valence-corrected chi connectivity index (χ2v) is 9.86. The molecule has 9 nitrogen and oxygen atoms in total. The van der Waals surface area contributed by atoms with Crippen LogP contribution >= 0.6 is 11.3 Å². The summed E-state index contributed by atoms with van der Waals surface area (Å²) in [6.07, 6.45) is 8.36. The number of hydrogen-bond acceptors (Lipinski definition) is 9. The van der Waals surface area contributed by atoms with Crippen molar-refractivity contribution in [2.75, 3.05) is 37.4 Å². The summed E-state index contributed by atoms with van der Waals surface area (Å²) in [5, 5.41) is 12.1. The Kier molecular flexibility index (Phi) is 8.14. The molecular weight excluding hydrogens is 464 g/mol. The van der Waals surface area contributed by atoms with E-state index in [1.54, 1.807) is 28.6 Å². The molecule has 2 aromatic heterocycles. The minimum atomic E-state index is 0.00936. The van der Waals surface area contributed by atoms with Gasteiger partial charge in [-0.1, -0.05) is 0 Å². The average Bonchev–Trinajstić information content (AvgIpc) is 3.26. The second kappa shape index (κ2) is 11.5. The first-order valence-corrected chi connectivity index (χ1v) is 12.7. The number of nitrogens with one attached hydrogen (secondary N) is 2. The number of nitrogens with two attached hydrogens (primary N) is 1. The lowest BCUT2D eigenvalue weighted by atomic mass is 9.97. The van der Waals surface area contributed by atoms with Gasteiger partial charge < -0.3 is 30.8 Å². The van der Waals surface area contributed by atoms with Crippen LogP contribution in [0.4, 0.5) is 17.2 Å². The zero-order chi connectivity index (χ0) is 24.8. The minimum Gasteiger partial charge on any atom is -0.489 e. The maximum atomic E-state index is 10.0. The van der Waals surface area contributed by atoms with Gasteiger partial charge in [0.15, 0.2) is 0 Å². The number of morpholine rings is 1. The van der Waals surface area contributed by atoms with E-state index in [0.717, 1.165) is 54.1 Å². The van der Waals surface area contributed by atoms with Crippen molar-refractivity contribution in [1.29, 1.82) is 5.41 Å². The molecule has 0 atom stereocenters. The van der Waals surface area contributed by atoms with Gasteiger partial charge in [0, 0.05) is 41.5 Å². The molecule has 10 heteroatoms. The molecule has 1 aromatic carbocycles. The highest BCUT2D eigenvalue weighted by Gasteiger charge is 2.21. The maximum absolute atomic E-state index is 10.0. The fourth-order valence-corrected chi connectivity index (χ4v) is 5.41. The van der Waals surface area contributed by atoms with Crippen LogP contribution in [0.1, 0.15) is 42.7 Å². The number of ether oxygens (including phenoxy) is 2. The highest BCUT2D eigenvalue weighted by molar-refractivity contribution is 7.19. The summed E-state index contributed by atoms with van der Waals surface area (Å²) in [6.45, 7) is 6.84. The van der Waals surface area contributed by atoms with Gasteiger partial charge in [-0.05, 0) is 51.2 Å². The van der Waals surface area contributed by atoms with Crippen LogP contribution in [0.5, 0.6) is 5.75 Å². The maximum Gasteiger partial charge on any atom is 0.209 e. The van der Waals surface area contributed by atoms with Gasteiger partial charge in [-0.25, -0.2) is 9.97 Å². The van der Waals surface area contributed by atoms with Crippen LogP contribution in [0.25, 0.3) is 10.2 Å². The SMILES string of the molecule is CC(C)Oc1cc(N)c(C=N)cc1Nc1ncnc2sc3c(c12)CCCC3.O=CN1CCOCC1.